The van der Waals surface area contributed by atoms with Crippen molar-refractivity contribution in [1.82, 2.24) is 4.90 Å². The molecule has 3 aliphatic carbocycles. The molecule has 2 N–H and O–H groups in total. The lowest BCUT2D eigenvalue weighted by Gasteiger charge is -2.45. The van der Waals surface area contributed by atoms with Gasteiger partial charge in [0.1, 0.15) is 0 Å². The predicted molar refractivity (Wildman–Crippen MR) is 171 cm³/mol. The number of halogens is 2. The first-order valence-electron chi connectivity index (χ1n) is 15.9. The van der Waals surface area contributed by atoms with Gasteiger partial charge in [0.15, 0.2) is 17.4 Å². The molecule has 6 heteroatoms. The maximum atomic E-state index is 14.2. The number of allylic oxidation sites excluding steroid dienone is 2. The highest BCUT2D eigenvalue weighted by atomic mass is 19.2. The van der Waals surface area contributed by atoms with E-state index < -0.39 is 28.8 Å². The average Bonchev–Trinajstić information content (AvgIpc) is 3.25. The van der Waals surface area contributed by atoms with Crippen LogP contribution in [0, 0.1) is 17.0 Å². The summed E-state index contributed by atoms with van der Waals surface area (Å²) in [5.41, 5.74) is 3.08. The molecule has 1 saturated carbocycles. The first kappa shape index (κ1) is 32.2. The van der Waals surface area contributed by atoms with Crippen LogP contribution in [0.3, 0.4) is 0 Å². The smallest absolute Gasteiger partial charge is 0.193 e. The number of benzene rings is 3. The van der Waals surface area contributed by atoms with Crippen molar-refractivity contribution >= 4 is 5.78 Å². The second-order valence-electron chi connectivity index (χ2n) is 13.4. The van der Waals surface area contributed by atoms with Crippen LogP contribution in [0.25, 0.3) is 0 Å². The summed E-state index contributed by atoms with van der Waals surface area (Å²) < 4.78 is 28.0. The van der Waals surface area contributed by atoms with Gasteiger partial charge in [0.2, 0.25) is 0 Å². The van der Waals surface area contributed by atoms with Crippen molar-refractivity contribution in [3.63, 3.8) is 0 Å². The van der Waals surface area contributed by atoms with Crippen LogP contribution in [-0.4, -0.2) is 52.7 Å². The van der Waals surface area contributed by atoms with Crippen LogP contribution in [0.2, 0.25) is 0 Å². The molecule has 4 nitrogen and oxygen atoms in total. The number of aliphatic hydroxyl groups excluding tert-OH is 1. The van der Waals surface area contributed by atoms with E-state index in [1.165, 1.54) is 17.2 Å². The van der Waals surface area contributed by atoms with Crippen molar-refractivity contribution in [2.75, 3.05) is 20.1 Å². The van der Waals surface area contributed by atoms with Gasteiger partial charge in [-0.3, -0.25) is 4.79 Å². The Balaban J connectivity index is 1.53. The fourth-order valence-electron chi connectivity index (χ4n) is 7.48. The van der Waals surface area contributed by atoms with Crippen LogP contribution in [-0.2, 0) is 12.8 Å². The second kappa shape index (κ2) is 13.4. The van der Waals surface area contributed by atoms with Gasteiger partial charge in [0, 0.05) is 29.6 Å². The topological polar surface area (TPSA) is 60.8 Å². The summed E-state index contributed by atoms with van der Waals surface area (Å²) in [5.74, 6) is -2.57. The summed E-state index contributed by atoms with van der Waals surface area (Å²) in [6, 6.07) is 19.4. The number of fused-ring (bicyclic) bond motifs is 8. The fraction of sp³-hybridized carbons (Fsp3) is 0.447. The number of hydrogen-bond acceptors (Lipinski definition) is 4. The Kier molecular flexibility index (Phi) is 9.83. The van der Waals surface area contributed by atoms with E-state index in [0.29, 0.717) is 37.8 Å². The third-order valence-electron chi connectivity index (χ3n) is 10.3. The minimum absolute atomic E-state index is 0.0816. The lowest BCUT2D eigenvalue weighted by molar-refractivity contribution is -0.0798. The SMILES string of the molecule is CC1=CCCC2(C)C(CCC2(O)CN(C)CCc2ccccc2)c2ccc(cc2C(=O)c2ccc(F)c(F)c2)CC(O)CC1. The zero-order chi connectivity index (χ0) is 31.5. The van der Waals surface area contributed by atoms with Gasteiger partial charge in [0.25, 0.3) is 0 Å². The molecule has 3 aromatic carbocycles. The van der Waals surface area contributed by atoms with E-state index in [1.807, 2.05) is 36.4 Å². The Labute approximate surface area is 260 Å². The molecule has 234 valence electrons. The first-order valence-corrected chi connectivity index (χ1v) is 15.9. The minimum atomic E-state index is -1.06. The highest BCUT2D eigenvalue weighted by Crippen LogP contribution is 2.58. The highest BCUT2D eigenvalue weighted by molar-refractivity contribution is 6.10. The van der Waals surface area contributed by atoms with E-state index in [4.69, 9.17) is 0 Å². The zero-order valence-corrected chi connectivity index (χ0v) is 26.2. The zero-order valence-electron chi connectivity index (χ0n) is 26.2. The van der Waals surface area contributed by atoms with E-state index in [2.05, 4.69) is 44.0 Å². The summed E-state index contributed by atoms with van der Waals surface area (Å²) in [7, 11) is 2.06. The number of likely N-dealkylation sites (N-methyl/N-ethyl adjacent to an activating group) is 1. The average molecular weight is 602 g/mol. The van der Waals surface area contributed by atoms with Crippen molar-refractivity contribution in [1.29, 1.82) is 0 Å². The maximum absolute atomic E-state index is 14.2. The molecule has 3 aliphatic rings. The number of ketones is 1. The van der Waals surface area contributed by atoms with Gasteiger partial charge in [-0.25, -0.2) is 8.78 Å². The highest BCUT2D eigenvalue weighted by Gasteiger charge is 2.57. The fourth-order valence-corrected chi connectivity index (χ4v) is 7.48. The molecule has 0 radical (unpaired) electrons. The standard InChI is InChI=1S/C38H45F2NO3/c1-26-8-7-19-37(2)33(17-20-38(37,44)25-41(3)21-18-27-9-5-4-6-10-27)31-15-12-28(22-30(42)14-11-26)23-32(31)36(43)29-13-16-34(39)35(40)24-29/h4-6,8-10,12-13,15-16,23-24,30,33,42,44H,7,11,14,17-22,25H2,1-3H3. The lowest BCUT2D eigenvalue weighted by atomic mass is 9.64. The van der Waals surface area contributed by atoms with Crippen molar-refractivity contribution in [3.8, 4) is 0 Å². The second-order valence-corrected chi connectivity index (χ2v) is 13.4. The summed E-state index contributed by atoms with van der Waals surface area (Å²) in [6.07, 6.45) is 7.10. The normalized spacial score (nSPS) is 25.9. The van der Waals surface area contributed by atoms with Crippen LogP contribution in [0.4, 0.5) is 8.78 Å². The van der Waals surface area contributed by atoms with Crippen molar-refractivity contribution in [2.45, 2.75) is 82.8 Å². The first-order chi connectivity index (χ1) is 21.0. The number of nitrogens with zero attached hydrogens (tertiary/aromatic N) is 1. The molecule has 0 heterocycles. The molecule has 4 atom stereocenters. The number of carbonyl (C=O) groups is 1. The molecule has 0 aromatic heterocycles. The summed E-state index contributed by atoms with van der Waals surface area (Å²) in [6.45, 7) is 5.58. The van der Waals surface area contributed by atoms with Gasteiger partial charge in [0.05, 0.1) is 11.7 Å². The number of rotatable bonds is 7. The Morgan fingerprint density at radius 3 is 2.52 bits per heavy atom. The van der Waals surface area contributed by atoms with Crippen molar-refractivity contribution in [2.24, 2.45) is 5.41 Å². The Bertz CT molecular complexity index is 1510. The number of hydrogen-bond donors (Lipinski definition) is 2. The lowest BCUT2D eigenvalue weighted by Crippen LogP contribution is -2.52. The van der Waals surface area contributed by atoms with Gasteiger partial charge in [-0.05, 0) is 112 Å². The molecule has 4 unspecified atom stereocenters. The molecule has 0 amide bonds. The predicted octanol–water partition coefficient (Wildman–Crippen LogP) is 7.41. The van der Waals surface area contributed by atoms with Crippen LogP contribution >= 0.6 is 0 Å². The van der Waals surface area contributed by atoms with Crippen LogP contribution in [0.15, 0.2) is 78.4 Å². The van der Waals surface area contributed by atoms with E-state index >= 15 is 0 Å². The summed E-state index contributed by atoms with van der Waals surface area (Å²) >= 11 is 0. The van der Waals surface area contributed by atoms with Crippen molar-refractivity contribution in [3.05, 3.63) is 118 Å². The van der Waals surface area contributed by atoms with E-state index in [9.17, 15) is 23.8 Å². The van der Waals surface area contributed by atoms with Gasteiger partial charge in [-0.2, -0.15) is 0 Å². The third-order valence-corrected chi connectivity index (χ3v) is 10.3. The molecule has 1 fully saturated rings. The van der Waals surface area contributed by atoms with Crippen molar-refractivity contribution < 1.29 is 23.8 Å². The number of carbonyl (C=O) groups excluding carboxylic acids is 1. The minimum Gasteiger partial charge on any atom is -0.393 e. The molecule has 0 aliphatic heterocycles. The largest absolute Gasteiger partial charge is 0.393 e. The van der Waals surface area contributed by atoms with Crippen LogP contribution in [0.5, 0.6) is 0 Å². The van der Waals surface area contributed by atoms with E-state index in [-0.39, 0.29) is 17.3 Å². The monoisotopic (exact) mass is 601 g/mol. The maximum Gasteiger partial charge on any atom is 0.193 e. The summed E-state index contributed by atoms with van der Waals surface area (Å²) in [5, 5.41) is 23.3. The molecular weight excluding hydrogens is 556 g/mol. The van der Waals surface area contributed by atoms with Gasteiger partial charge in [-0.15, -0.1) is 0 Å². The quantitative estimate of drug-likeness (QED) is 0.219. The third kappa shape index (κ3) is 6.88. The van der Waals surface area contributed by atoms with E-state index in [0.717, 1.165) is 55.5 Å². The summed E-state index contributed by atoms with van der Waals surface area (Å²) in [4.78, 5) is 16.2. The molecule has 2 bridgehead atoms. The van der Waals surface area contributed by atoms with Gasteiger partial charge < -0.3 is 15.1 Å². The molecular formula is C38H45F2NO3. The Morgan fingerprint density at radius 2 is 1.77 bits per heavy atom. The molecule has 0 spiro atoms. The number of aliphatic hydroxyl groups is 2. The van der Waals surface area contributed by atoms with E-state index in [1.54, 1.807) is 0 Å². The molecule has 44 heavy (non-hydrogen) atoms. The van der Waals surface area contributed by atoms with Gasteiger partial charge in [-0.1, -0.05) is 61.0 Å². The Morgan fingerprint density at radius 1 is 1.00 bits per heavy atom. The molecule has 3 aromatic rings. The molecule has 6 rings (SSSR count). The van der Waals surface area contributed by atoms with Crippen LogP contribution < -0.4 is 0 Å². The van der Waals surface area contributed by atoms with Crippen LogP contribution in [0.1, 0.15) is 90.9 Å². The molecule has 0 saturated heterocycles. The van der Waals surface area contributed by atoms with Gasteiger partial charge >= 0.3 is 0 Å². The Hall–Kier alpha value is -3.19.